The Labute approximate surface area is 771 Å². The minimum Gasteiger partial charge on any atom is -0.508 e. The van der Waals surface area contributed by atoms with Crippen molar-refractivity contribution < 1.29 is 71.5 Å². The van der Waals surface area contributed by atoms with E-state index in [1.54, 1.807) is 60.7 Å². The Morgan fingerprint density at radius 1 is 0.130 bits per heavy atom. The van der Waals surface area contributed by atoms with E-state index in [2.05, 4.69) is 36.4 Å². The Morgan fingerprint density at radius 3 is 0.557 bits per heavy atom. The number of phenols is 14. The summed E-state index contributed by atoms with van der Waals surface area (Å²) in [6.45, 7) is 42.1. The standard InChI is InChI=1S/C25H28O3.3C23H24O3.C23H24O2/c1-13-11-22(26)15(3)9-20(13)24(19-7-17(5)25(28)18(6)8-19)21-10-16(4)23(27)12-14(21)2;1-13-9-18(10-14(2)22(13)25)21(17-5-7-20(24)8-6-17)19-11-15(3)23(26)16(4)12-19;1-13-11-21(25)15(3)9-18(13)23(17-7-5-6-8-20(17)24)19-10-16(4)22(26)12-14(19)2;1-13-9-17(10-14(2)22(13)25)21(19-7-5-6-8-20(19)24)18-11-15(3)23(26)16(4)12-18;1-14-10-19(11-15(2)22(14)24)21(18-8-6-5-7-9-18)20-12-16(3)23(25)17(4)13-20/h7-12,24,26-28H,1-6H3;5-12,21,24-26H,1-4H3;5-12,23-26H,1-4H3;5-12,21,24-26H,1-4H3;5-13,21,24-25H,1-4H3. The average molecular weight is 1750 g/mol. The smallest absolute Gasteiger partial charge is 0.121 e. The maximum absolute atomic E-state index is 10.5. The van der Waals surface area contributed by atoms with Gasteiger partial charge in [0.15, 0.2) is 0 Å². The fourth-order valence-electron chi connectivity index (χ4n) is 18.1. The number of para-hydroxylation sites is 2. The maximum atomic E-state index is 10.5. The third-order valence-corrected chi connectivity index (χ3v) is 25.4. The van der Waals surface area contributed by atoms with Crippen molar-refractivity contribution in [3.05, 3.63) is 442 Å². The highest BCUT2D eigenvalue weighted by Crippen LogP contribution is 2.48. The van der Waals surface area contributed by atoms with Crippen molar-refractivity contribution in [1.82, 2.24) is 0 Å². The number of aryl methyl sites for hydroxylation is 22. The zero-order valence-electron chi connectivity index (χ0n) is 79.2. The summed E-state index contributed by atoms with van der Waals surface area (Å²) in [5.74, 6) is 3.55. The monoisotopic (exact) mass is 1750 g/mol. The average Bonchev–Trinajstić information content (AvgIpc) is 0.951. The van der Waals surface area contributed by atoms with Crippen LogP contribution in [-0.2, 0) is 0 Å². The molecule has 15 aromatic rings. The van der Waals surface area contributed by atoms with Crippen molar-refractivity contribution in [3.8, 4) is 80.5 Å². The molecular weight excluding hydrogens is 1630 g/mol. The second-order valence-electron chi connectivity index (χ2n) is 35.8. The van der Waals surface area contributed by atoms with Gasteiger partial charge in [-0.05, 0) is 396 Å². The van der Waals surface area contributed by atoms with Crippen molar-refractivity contribution in [2.24, 2.45) is 0 Å². The molecule has 14 N–H and O–H groups in total. The molecular formula is C117H124O14. The number of hydrogen-bond donors (Lipinski definition) is 14. The van der Waals surface area contributed by atoms with Gasteiger partial charge in [0.2, 0.25) is 0 Å². The van der Waals surface area contributed by atoms with Crippen molar-refractivity contribution in [2.45, 2.75) is 182 Å². The molecule has 15 aromatic carbocycles. The van der Waals surface area contributed by atoms with Crippen LogP contribution < -0.4 is 0 Å². The van der Waals surface area contributed by atoms with Crippen LogP contribution in [0.25, 0.3) is 0 Å². The molecule has 676 valence electrons. The summed E-state index contributed by atoms with van der Waals surface area (Å²) >= 11 is 0. The molecule has 0 aliphatic carbocycles. The van der Waals surface area contributed by atoms with E-state index in [0.717, 1.165) is 200 Å². The second-order valence-corrected chi connectivity index (χ2v) is 35.8. The fourth-order valence-corrected chi connectivity index (χ4v) is 18.1. The molecule has 0 unspecified atom stereocenters. The summed E-state index contributed by atoms with van der Waals surface area (Å²) < 4.78 is 0. The van der Waals surface area contributed by atoms with Gasteiger partial charge in [-0.25, -0.2) is 0 Å². The van der Waals surface area contributed by atoms with E-state index in [4.69, 9.17) is 0 Å². The first-order chi connectivity index (χ1) is 61.8. The molecule has 0 heterocycles. The summed E-state index contributed by atoms with van der Waals surface area (Å²) in [4.78, 5) is 0. The van der Waals surface area contributed by atoms with Gasteiger partial charge in [-0.1, -0.05) is 188 Å². The first-order valence-electron chi connectivity index (χ1n) is 44.0. The molecule has 0 saturated heterocycles. The highest BCUT2D eigenvalue weighted by atomic mass is 16.3. The van der Waals surface area contributed by atoms with Gasteiger partial charge in [0.05, 0.1) is 0 Å². The largest absolute Gasteiger partial charge is 0.508 e. The molecule has 0 amide bonds. The summed E-state index contributed by atoms with van der Waals surface area (Å²) in [5, 5.41) is 142. The van der Waals surface area contributed by atoms with Gasteiger partial charge in [-0.15, -0.1) is 0 Å². The molecule has 0 atom stereocenters. The van der Waals surface area contributed by atoms with Gasteiger partial charge in [0.25, 0.3) is 0 Å². The van der Waals surface area contributed by atoms with Crippen LogP contribution in [0.1, 0.15) is 235 Å². The van der Waals surface area contributed by atoms with Crippen LogP contribution in [-0.4, -0.2) is 71.5 Å². The molecule has 131 heavy (non-hydrogen) atoms. The minimum absolute atomic E-state index is 0.0530. The highest BCUT2D eigenvalue weighted by Gasteiger charge is 2.30. The van der Waals surface area contributed by atoms with Crippen molar-refractivity contribution in [1.29, 1.82) is 0 Å². The normalized spacial score (nSPS) is 11.1. The Balaban J connectivity index is 0.000000158. The zero-order chi connectivity index (χ0) is 95.9. The summed E-state index contributed by atoms with van der Waals surface area (Å²) in [6, 6.07) is 75.4. The lowest BCUT2D eigenvalue weighted by Crippen LogP contribution is -2.09. The van der Waals surface area contributed by atoms with Crippen LogP contribution in [0, 0.1) is 152 Å². The number of aromatic hydroxyl groups is 14. The van der Waals surface area contributed by atoms with Gasteiger partial charge in [-0.2, -0.15) is 0 Å². The predicted octanol–water partition coefficient (Wildman–Crippen LogP) is 27.0. The number of phenolic OH excluding ortho intramolecular Hbond substituents is 14. The minimum atomic E-state index is -0.202. The molecule has 0 saturated carbocycles. The third kappa shape index (κ3) is 21.8. The Bertz CT molecular complexity index is 6300. The highest BCUT2D eigenvalue weighted by molar-refractivity contribution is 5.63. The zero-order valence-corrected chi connectivity index (χ0v) is 79.2. The molecule has 0 aromatic heterocycles. The molecule has 0 fully saturated rings. The van der Waals surface area contributed by atoms with Gasteiger partial charge >= 0.3 is 0 Å². The summed E-state index contributed by atoms with van der Waals surface area (Å²) in [5.41, 5.74) is 34.4. The fraction of sp³-hybridized carbons (Fsp3) is 0.231. The molecule has 0 spiro atoms. The van der Waals surface area contributed by atoms with Crippen LogP contribution in [0.15, 0.2) is 237 Å². The predicted molar refractivity (Wildman–Crippen MR) is 529 cm³/mol. The van der Waals surface area contributed by atoms with E-state index in [-0.39, 0.29) is 69.8 Å². The van der Waals surface area contributed by atoms with Gasteiger partial charge < -0.3 is 71.5 Å². The van der Waals surface area contributed by atoms with Crippen molar-refractivity contribution >= 4 is 0 Å². The Hall–Kier alpha value is -14.5. The SMILES string of the molecule is Cc1cc(C(c2cc(C)c(O)c(C)c2)c2cc(C)c(O)cc2C)c(C)cc1O.Cc1cc(C(c2cc(C)c(O)c(C)c2)c2ccccc2O)cc(C)c1O.Cc1cc(C(c2cc(C)c(O)cc2C)c2ccccc2O)c(C)cc1O.Cc1cc(C(c2ccc(O)cc2)c2cc(C)c(O)c(C)c2)cc(C)c1O.Cc1cc(C(c2ccccc2)c2cc(C)c(O)c(C)c2)cc(C)c1O. The first-order valence-corrected chi connectivity index (χ1v) is 44.0. The van der Waals surface area contributed by atoms with E-state index in [1.165, 1.54) is 5.56 Å². The van der Waals surface area contributed by atoms with E-state index in [9.17, 15) is 71.5 Å². The van der Waals surface area contributed by atoms with Gasteiger partial charge in [0.1, 0.15) is 80.5 Å². The quantitative estimate of drug-likeness (QED) is 0.0425. The van der Waals surface area contributed by atoms with Crippen LogP contribution in [0.2, 0.25) is 0 Å². The maximum Gasteiger partial charge on any atom is 0.121 e. The van der Waals surface area contributed by atoms with E-state index in [0.29, 0.717) is 40.2 Å². The lowest BCUT2D eigenvalue weighted by molar-refractivity contribution is 0.463. The molecule has 0 radical (unpaired) electrons. The summed E-state index contributed by atoms with van der Waals surface area (Å²) in [7, 11) is 0. The van der Waals surface area contributed by atoms with Crippen LogP contribution >= 0.6 is 0 Å². The molecule has 0 aliphatic rings. The van der Waals surface area contributed by atoms with E-state index >= 15 is 0 Å². The molecule has 14 heteroatoms. The van der Waals surface area contributed by atoms with Crippen molar-refractivity contribution in [3.63, 3.8) is 0 Å². The van der Waals surface area contributed by atoms with E-state index < -0.39 is 0 Å². The number of hydrogen-bond acceptors (Lipinski definition) is 14. The third-order valence-electron chi connectivity index (χ3n) is 25.4. The number of rotatable bonds is 15. The Kier molecular flexibility index (Phi) is 30.3. The second kappa shape index (κ2) is 40.9. The summed E-state index contributed by atoms with van der Waals surface area (Å²) in [6.07, 6.45) is 0. The Morgan fingerprint density at radius 2 is 0.321 bits per heavy atom. The van der Waals surface area contributed by atoms with Crippen LogP contribution in [0.4, 0.5) is 0 Å². The lowest BCUT2D eigenvalue weighted by Gasteiger charge is -2.25. The van der Waals surface area contributed by atoms with Gasteiger partial charge in [-0.3, -0.25) is 0 Å². The number of benzene rings is 15. The molecule has 15 rings (SSSR count). The molecule has 14 nitrogen and oxygen atoms in total. The van der Waals surface area contributed by atoms with E-state index in [1.807, 2.05) is 292 Å². The topological polar surface area (TPSA) is 283 Å². The lowest BCUT2D eigenvalue weighted by atomic mass is 9.79. The first kappa shape index (κ1) is 97.1. The molecule has 0 bridgehead atoms. The van der Waals surface area contributed by atoms with Crippen LogP contribution in [0.5, 0.6) is 80.5 Å². The van der Waals surface area contributed by atoms with Crippen molar-refractivity contribution in [2.75, 3.05) is 0 Å². The van der Waals surface area contributed by atoms with Gasteiger partial charge in [0, 0.05) is 40.7 Å². The van der Waals surface area contributed by atoms with Crippen LogP contribution in [0.3, 0.4) is 0 Å². The molecule has 0 aliphatic heterocycles.